The van der Waals surface area contributed by atoms with Crippen LogP contribution in [0.4, 0.5) is 0 Å². The van der Waals surface area contributed by atoms with Gasteiger partial charge in [0.2, 0.25) is 0 Å². The standard InChI is InChI=1S/C10H12O2.H2O/c1-2-10(11)12-8-9-6-4-3-5-7-9;/h3-7H,2,8H2,1H3;1H2. The molecule has 0 unspecified atom stereocenters. The fourth-order valence-corrected chi connectivity index (χ4v) is 0.840. The number of ether oxygens (including phenoxy) is 1. The van der Waals surface area contributed by atoms with Gasteiger partial charge in [-0.3, -0.25) is 4.79 Å². The molecule has 0 aliphatic heterocycles. The van der Waals surface area contributed by atoms with Crippen LogP contribution in [0.5, 0.6) is 0 Å². The van der Waals surface area contributed by atoms with E-state index < -0.39 is 0 Å². The molecule has 72 valence electrons. The molecule has 1 aromatic carbocycles. The minimum atomic E-state index is -0.154. The summed E-state index contributed by atoms with van der Waals surface area (Å²) < 4.78 is 4.94. The van der Waals surface area contributed by atoms with Crippen LogP contribution in [0, 0.1) is 0 Å². The van der Waals surface area contributed by atoms with Gasteiger partial charge in [0, 0.05) is 6.42 Å². The first-order valence-corrected chi connectivity index (χ1v) is 4.02. The molecule has 2 N–H and O–H groups in total. The van der Waals surface area contributed by atoms with Crippen molar-refractivity contribution in [1.29, 1.82) is 0 Å². The third kappa shape index (κ3) is 4.28. The molecule has 13 heavy (non-hydrogen) atoms. The first-order valence-electron chi connectivity index (χ1n) is 4.02. The summed E-state index contributed by atoms with van der Waals surface area (Å²) in [6, 6.07) is 9.65. The van der Waals surface area contributed by atoms with Gasteiger partial charge in [-0.15, -0.1) is 0 Å². The summed E-state index contributed by atoms with van der Waals surface area (Å²) in [5, 5.41) is 0. The van der Waals surface area contributed by atoms with E-state index in [2.05, 4.69) is 0 Å². The van der Waals surface area contributed by atoms with Crippen LogP contribution in [0.25, 0.3) is 0 Å². The molecule has 0 saturated heterocycles. The molecule has 3 heteroatoms. The molecule has 0 heterocycles. The number of carbonyl (C=O) groups is 1. The van der Waals surface area contributed by atoms with Gasteiger partial charge in [0.1, 0.15) is 6.61 Å². The molecule has 1 rings (SSSR count). The Morgan fingerprint density at radius 2 is 1.92 bits per heavy atom. The Morgan fingerprint density at radius 3 is 2.46 bits per heavy atom. The second-order valence-electron chi connectivity index (χ2n) is 2.50. The van der Waals surface area contributed by atoms with E-state index in [-0.39, 0.29) is 11.4 Å². The summed E-state index contributed by atoms with van der Waals surface area (Å²) in [7, 11) is 0. The largest absolute Gasteiger partial charge is 0.461 e. The van der Waals surface area contributed by atoms with Crippen LogP contribution in [0.1, 0.15) is 18.9 Å². The number of hydrogen-bond acceptors (Lipinski definition) is 2. The van der Waals surface area contributed by atoms with Gasteiger partial charge in [0.05, 0.1) is 0 Å². The smallest absolute Gasteiger partial charge is 0.305 e. The molecule has 0 radical (unpaired) electrons. The highest BCUT2D eigenvalue weighted by molar-refractivity contribution is 5.68. The molecule has 3 nitrogen and oxygen atoms in total. The zero-order valence-electron chi connectivity index (χ0n) is 7.62. The van der Waals surface area contributed by atoms with Crippen molar-refractivity contribution < 1.29 is 15.0 Å². The average Bonchev–Trinajstić information content (AvgIpc) is 2.16. The SMILES string of the molecule is CCC(=O)OCc1ccccc1.O. The van der Waals surface area contributed by atoms with E-state index in [1.807, 2.05) is 30.3 Å². The van der Waals surface area contributed by atoms with Crippen LogP contribution in [0.3, 0.4) is 0 Å². The Labute approximate surface area is 77.6 Å². The van der Waals surface area contributed by atoms with E-state index >= 15 is 0 Å². The predicted octanol–water partition coefficient (Wildman–Crippen LogP) is 1.32. The highest BCUT2D eigenvalue weighted by Gasteiger charge is 1.97. The van der Waals surface area contributed by atoms with E-state index in [0.717, 1.165) is 5.56 Å². The normalized spacial score (nSPS) is 8.69. The Kier molecular flexibility index (Phi) is 5.55. The second-order valence-corrected chi connectivity index (χ2v) is 2.50. The van der Waals surface area contributed by atoms with Crippen LogP contribution >= 0.6 is 0 Å². The van der Waals surface area contributed by atoms with Gasteiger partial charge >= 0.3 is 5.97 Å². The zero-order valence-corrected chi connectivity index (χ0v) is 7.62. The lowest BCUT2D eigenvalue weighted by molar-refractivity contribution is -0.144. The Morgan fingerprint density at radius 1 is 1.31 bits per heavy atom. The third-order valence-corrected chi connectivity index (χ3v) is 1.53. The van der Waals surface area contributed by atoms with Crippen molar-refractivity contribution in [2.24, 2.45) is 0 Å². The summed E-state index contributed by atoms with van der Waals surface area (Å²) in [5.41, 5.74) is 1.03. The molecule has 0 fully saturated rings. The minimum Gasteiger partial charge on any atom is -0.461 e. The van der Waals surface area contributed by atoms with Crippen LogP contribution in [-0.4, -0.2) is 11.4 Å². The van der Waals surface area contributed by atoms with Gasteiger partial charge in [-0.2, -0.15) is 0 Å². The summed E-state index contributed by atoms with van der Waals surface area (Å²) >= 11 is 0. The van der Waals surface area contributed by atoms with E-state index in [9.17, 15) is 4.79 Å². The van der Waals surface area contributed by atoms with Crippen molar-refractivity contribution in [1.82, 2.24) is 0 Å². The van der Waals surface area contributed by atoms with E-state index in [0.29, 0.717) is 13.0 Å². The fourth-order valence-electron chi connectivity index (χ4n) is 0.840. The minimum absolute atomic E-state index is 0. The van der Waals surface area contributed by atoms with Gasteiger partial charge in [-0.05, 0) is 5.56 Å². The number of carbonyl (C=O) groups excluding carboxylic acids is 1. The van der Waals surface area contributed by atoms with Gasteiger partial charge in [0.15, 0.2) is 0 Å². The Hall–Kier alpha value is -1.35. The monoisotopic (exact) mass is 182 g/mol. The van der Waals surface area contributed by atoms with Gasteiger partial charge in [0.25, 0.3) is 0 Å². The predicted molar refractivity (Wildman–Crippen MR) is 50.1 cm³/mol. The van der Waals surface area contributed by atoms with Gasteiger partial charge < -0.3 is 10.2 Å². The van der Waals surface area contributed by atoms with Crippen LogP contribution in [0.15, 0.2) is 30.3 Å². The molecule has 0 aliphatic rings. The molecule has 0 spiro atoms. The molecule has 0 atom stereocenters. The molecular formula is C10H14O3. The van der Waals surface area contributed by atoms with E-state index in [4.69, 9.17) is 4.74 Å². The quantitative estimate of drug-likeness (QED) is 0.662. The second kappa shape index (κ2) is 6.20. The van der Waals surface area contributed by atoms with Crippen molar-refractivity contribution >= 4 is 5.97 Å². The molecule has 0 amide bonds. The number of benzene rings is 1. The maximum atomic E-state index is 10.8. The maximum Gasteiger partial charge on any atom is 0.305 e. The summed E-state index contributed by atoms with van der Waals surface area (Å²) in [6.07, 6.45) is 0.437. The molecule has 1 aromatic rings. The number of rotatable bonds is 3. The zero-order chi connectivity index (χ0) is 8.81. The molecule has 0 aliphatic carbocycles. The van der Waals surface area contributed by atoms with E-state index in [1.165, 1.54) is 0 Å². The lowest BCUT2D eigenvalue weighted by Gasteiger charge is -2.01. The van der Waals surface area contributed by atoms with Crippen molar-refractivity contribution in [3.05, 3.63) is 35.9 Å². The lowest BCUT2D eigenvalue weighted by atomic mass is 10.2. The first-order chi connectivity index (χ1) is 5.83. The maximum absolute atomic E-state index is 10.8. The topological polar surface area (TPSA) is 57.8 Å². The average molecular weight is 182 g/mol. The van der Waals surface area contributed by atoms with Crippen molar-refractivity contribution in [2.45, 2.75) is 20.0 Å². The number of hydrogen-bond donors (Lipinski definition) is 0. The summed E-state index contributed by atoms with van der Waals surface area (Å²) in [4.78, 5) is 10.8. The number of esters is 1. The van der Waals surface area contributed by atoms with Crippen LogP contribution in [0.2, 0.25) is 0 Å². The highest BCUT2D eigenvalue weighted by atomic mass is 16.5. The lowest BCUT2D eigenvalue weighted by Crippen LogP contribution is -2.01. The van der Waals surface area contributed by atoms with Crippen LogP contribution < -0.4 is 0 Å². The Balaban J connectivity index is 0.00000144. The van der Waals surface area contributed by atoms with Crippen molar-refractivity contribution in [2.75, 3.05) is 0 Å². The van der Waals surface area contributed by atoms with E-state index in [1.54, 1.807) is 6.92 Å². The first kappa shape index (κ1) is 11.6. The third-order valence-electron chi connectivity index (χ3n) is 1.53. The van der Waals surface area contributed by atoms with Crippen LogP contribution in [-0.2, 0) is 16.1 Å². The van der Waals surface area contributed by atoms with Crippen molar-refractivity contribution in [3.63, 3.8) is 0 Å². The summed E-state index contributed by atoms with van der Waals surface area (Å²) in [6.45, 7) is 2.17. The van der Waals surface area contributed by atoms with Crippen molar-refractivity contribution in [3.8, 4) is 0 Å². The molecule has 0 bridgehead atoms. The Bertz CT molecular complexity index is 244. The van der Waals surface area contributed by atoms with Gasteiger partial charge in [-0.25, -0.2) is 0 Å². The summed E-state index contributed by atoms with van der Waals surface area (Å²) in [5.74, 6) is -0.154. The fraction of sp³-hybridized carbons (Fsp3) is 0.300. The molecular weight excluding hydrogens is 168 g/mol. The molecule has 0 aromatic heterocycles. The highest BCUT2D eigenvalue weighted by Crippen LogP contribution is 2.00. The molecule has 0 saturated carbocycles. The van der Waals surface area contributed by atoms with Gasteiger partial charge in [-0.1, -0.05) is 37.3 Å².